The zero-order valence-corrected chi connectivity index (χ0v) is 14.4. The zero-order valence-electron chi connectivity index (χ0n) is 13.6. The number of urea groups is 1. The molecule has 6 heteroatoms. The van der Waals surface area contributed by atoms with E-state index in [0.717, 1.165) is 24.8 Å². The Morgan fingerprint density at radius 3 is 2.61 bits per heavy atom. The zero-order chi connectivity index (χ0) is 16.9. The van der Waals surface area contributed by atoms with Crippen LogP contribution in [0.2, 0.25) is 0 Å². The third kappa shape index (κ3) is 5.39. The van der Waals surface area contributed by atoms with E-state index in [4.69, 9.17) is 0 Å². The van der Waals surface area contributed by atoms with Crippen LogP contribution in [0.15, 0.2) is 41.3 Å². The Morgan fingerprint density at radius 1 is 1.30 bits per heavy atom. The minimum absolute atomic E-state index is 0.0321. The number of hydrogen-bond donors (Lipinski definition) is 2. The van der Waals surface area contributed by atoms with Gasteiger partial charge in [-0.2, -0.15) is 0 Å². The van der Waals surface area contributed by atoms with Gasteiger partial charge in [-0.15, -0.1) is 0 Å². The fraction of sp³-hybridized carbons (Fsp3) is 0.471. The highest BCUT2D eigenvalue weighted by molar-refractivity contribution is 7.91. The van der Waals surface area contributed by atoms with E-state index >= 15 is 0 Å². The van der Waals surface area contributed by atoms with E-state index in [1.807, 2.05) is 13.0 Å². The largest absolute Gasteiger partial charge is 0.335 e. The molecule has 1 aliphatic rings. The first kappa shape index (κ1) is 17.5. The van der Waals surface area contributed by atoms with Gasteiger partial charge in [0.15, 0.2) is 9.84 Å². The second-order valence-corrected chi connectivity index (χ2v) is 8.11. The SMILES string of the molecule is Cc1ccc(S(=O)(=O)CC(C)NC(=O)NC2C=CCCC2)cc1. The van der Waals surface area contributed by atoms with E-state index in [0.29, 0.717) is 0 Å². The molecule has 0 aromatic heterocycles. The molecule has 126 valence electrons. The van der Waals surface area contributed by atoms with E-state index in [2.05, 4.69) is 16.7 Å². The molecule has 5 nitrogen and oxygen atoms in total. The van der Waals surface area contributed by atoms with E-state index in [1.54, 1.807) is 31.2 Å². The van der Waals surface area contributed by atoms with Gasteiger partial charge in [-0.3, -0.25) is 0 Å². The van der Waals surface area contributed by atoms with Gasteiger partial charge in [-0.1, -0.05) is 29.8 Å². The number of rotatable bonds is 5. The van der Waals surface area contributed by atoms with Crippen LogP contribution in [-0.2, 0) is 9.84 Å². The molecule has 0 spiro atoms. The highest BCUT2D eigenvalue weighted by Gasteiger charge is 2.20. The Morgan fingerprint density at radius 2 is 2.00 bits per heavy atom. The van der Waals surface area contributed by atoms with Crippen molar-refractivity contribution < 1.29 is 13.2 Å². The summed E-state index contributed by atoms with van der Waals surface area (Å²) in [6.07, 6.45) is 7.06. The molecule has 23 heavy (non-hydrogen) atoms. The predicted octanol–water partition coefficient (Wildman–Crippen LogP) is 2.57. The maximum Gasteiger partial charge on any atom is 0.315 e. The van der Waals surface area contributed by atoms with Crippen LogP contribution in [0.5, 0.6) is 0 Å². The Balaban J connectivity index is 1.89. The van der Waals surface area contributed by atoms with Crippen molar-refractivity contribution in [1.82, 2.24) is 10.6 Å². The maximum atomic E-state index is 12.3. The van der Waals surface area contributed by atoms with Gasteiger partial charge >= 0.3 is 6.03 Å². The smallest absolute Gasteiger partial charge is 0.315 e. The summed E-state index contributed by atoms with van der Waals surface area (Å²) >= 11 is 0. The van der Waals surface area contributed by atoms with Gasteiger partial charge in [-0.25, -0.2) is 13.2 Å². The molecule has 0 radical (unpaired) electrons. The van der Waals surface area contributed by atoms with Crippen LogP contribution in [0.3, 0.4) is 0 Å². The van der Waals surface area contributed by atoms with Gasteiger partial charge in [0.1, 0.15) is 0 Å². The molecule has 2 atom stereocenters. The number of hydrogen-bond acceptors (Lipinski definition) is 3. The predicted molar refractivity (Wildman–Crippen MR) is 91.1 cm³/mol. The van der Waals surface area contributed by atoms with Crippen molar-refractivity contribution in [2.45, 2.75) is 50.1 Å². The molecule has 1 aromatic carbocycles. The molecule has 0 fully saturated rings. The van der Waals surface area contributed by atoms with Gasteiger partial charge in [0, 0.05) is 12.1 Å². The Hall–Kier alpha value is -1.82. The lowest BCUT2D eigenvalue weighted by molar-refractivity contribution is 0.236. The second kappa shape index (κ2) is 7.64. The lowest BCUT2D eigenvalue weighted by atomic mass is 10.0. The Kier molecular flexibility index (Phi) is 5.82. The molecular weight excluding hydrogens is 312 g/mol. The summed E-state index contributed by atoms with van der Waals surface area (Å²) in [6.45, 7) is 3.60. The lowest BCUT2D eigenvalue weighted by Gasteiger charge is -2.20. The number of carbonyl (C=O) groups excluding carboxylic acids is 1. The molecular formula is C17H24N2O3S. The van der Waals surface area contributed by atoms with Crippen LogP contribution in [-0.4, -0.2) is 32.3 Å². The number of amides is 2. The molecule has 0 heterocycles. The first-order valence-electron chi connectivity index (χ1n) is 7.90. The van der Waals surface area contributed by atoms with Gasteiger partial charge in [-0.05, 0) is 45.2 Å². The number of sulfone groups is 1. The summed E-state index contributed by atoms with van der Waals surface area (Å²) < 4.78 is 24.7. The second-order valence-electron chi connectivity index (χ2n) is 6.08. The molecule has 0 bridgehead atoms. The van der Waals surface area contributed by atoms with Crippen molar-refractivity contribution in [3.63, 3.8) is 0 Å². The molecule has 2 N–H and O–H groups in total. The monoisotopic (exact) mass is 336 g/mol. The molecule has 2 amide bonds. The molecule has 1 aliphatic carbocycles. The summed E-state index contributed by atoms with van der Waals surface area (Å²) in [4.78, 5) is 12.2. The number of nitrogens with one attached hydrogen (secondary N) is 2. The number of allylic oxidation sites excluding steroid dienone is 1. The molecule has 0 saturated heterocycles. The minimum atomic E-state index is -3.41. The summed E-state index contributed by atoms with van der Waals surface area (Å²) in [6, 6.07) is 5.99. The van der Waals surface area contributed by atoms with Crippen molar-refractivity contribution in [2.24, 2.45) is 0 Å². The summed E-state index contributed by atoms with van der Waals surface area (Å²) in [7, 11) is -3.41. The molecule has 1 aromatic rings. The molecule has 2 rings (SSSR count). The summed E-state index contributed by atoms with van der Waals surface area (Å²) in [5.41, 5.74) is 1.01. The maximum absolute atomic E-state index is 12.3. The Bertz CT molecular complexity index is 666. The van der Waals surface area contributed by atoms with Gasteiger partial charge < -0.3 is 10.6 Å². The highest BCUT2D eigenvalue weighted by atomic mass is 32.2. The summed E-state index contributed by atoms with van der Waals surface area (Å²) in [5.74, 6) is -0.121. The first-order valence-corrected chi connectivity index (χ1v) is 9.55. The van der Waals surface area contributed by atoms with Crippen LogP contribution in [0.1, 0.15) is 31.7 Å². The van der Waals surface area contributed by atoms with Crippen LogP contribution in [0.4, 0.5) is 4.79 Å². The van der Waals surface area contributed by atoms with Crippen molar-refractivity contribution in [3.8, 4) is 0 Å². The van der Waals surface area contributed by atoms with E-state index in [-0.39, 0.29) is 22.7 Å². The van der Waals surface area contributed by atoms with Gasteiger partial charge in [0.2, 0.25) is 0 Å². The van der Waals surface area contributed by atoms with Crippen molar-refractivity contribution in [1.29, 1.82) is 0 Å². The van der Waals surface area contributed by atoms with E-state index in [9.17, 15) is 13.2 Å². The fourth-order valence-electron chi connectivity index (χ4n) is 2.58. The van der Waals surface area contributed by atoms with Crippen molar-refractivity contribution >= 4 is 15.9 Å². The van der Waals surface area contributed by atoms with Crippen LogP contribution in [0.25, 0.3) is 0 Å². The normalized spacial score (nSPS) is 19.1. The molecule has 0 aliphatic heterocycles. The first-order chi connectivity index (χ1) is 10.9. The average molecular weight is 336 g/mol. The number of aryl methyl sites for hydroxylation is 1. The van der Waals surface area contributed by atoms with Crippen LogP contribution < -0.4 is 10.6 Å². The Labute approximate surface area is 138 Å². The quantitative estimate of drug-likeness (QED) is 0.812. The van der Waals surface area contributed by atoms with Crippen LogP contribution >= 0.6 is 0 Å². The van der Waals surface area contributed by atoms with Crippen LogP contribution in [0, 0.1) is 6.92 Å². The van der Waals surface area contributed by atoms with E-state index < -0.39 is 15.9 Å². The van der Waals surface area contributed by atoms with E-state index in [1.165, 1.54) is 0 Å². The van der Waals surface area contributed by atoms with Crippen molar-refractivity contribution in [2.75, 3.05) is 5.75 Å². The average Bonchev–Trinajstić information content (AvgIpc) is 2.47. The fourth-order valence-corrected chi connectivity index (χ4v) is 4.06. The number of carbonyl (C=O) groups is 1. The lowest BCUT2D eigenvalue weighted by Crippen LogP contribution is -2.47. The van der Waals surface area contributed by atoms with Gasteiger partial charge in [0.05, 0.1) is 10.6 Å². The van der Waals surface area contributed by atoms with Gasteiger partial charge in [0.25, 0.3) is 0 Å². The standard InChI is InChI=1S/C17H24N2O3S/c1-13-8-10-16(11-9-13)23(21,22)12-14(2)18-17(20)19-15-6-4-3-5-7-15/h4,6,8-11,14-15H,3,5,7,12H2,1-2H3,(H2,18,19,20). The summed E-state index contributed by atoms with van der Waals surface area (Å²) in [5, 5.41) is 5.55. The molecule has 0 saturated carbocycles. The topological polar surface area (TPSA) is 75.3 Å². The highest BCUT2D eigenvalue weighted by Crippen LogP contribution is 2.13. The minimum Gasteiger partial charge on any atom is -0.335 e. The van der Waals surface area contributed by atoms with Crippen molar-refractivity contribution in [3.05, 3.63) is 42.0 Å². The molecule has 2 unspecified atom stereocenters. The number of benzene rings is 1. The third-order valence-corrected chi connectivity index (χ3v) is 5.73. The third-order valence-electron chi connectivity index (χ3n) is 3.80.